The summed E-state index contributed by atoms with van der Waals surface area (Å²) in [7, 11) is 0. The highest BCUT2D eigenvalue weighted by Crippen LogP contribution is 2.42. The van der Waals surface area contributed by atoms with Crippen LogP contribution in [0.15, 0.2) is 42.5 Å². The third-order valence-electron chi connectivity index (χ3n) is 4.22. The summed E-state index contributed by atoms with van der Waals surface area (Å²) in [5, 5.41) is 2.74. The van der Waals surface area contributed by atoms with E-state index in [0.717, 1.165) is 13.0 Å². The molecule has 1 radical (unpaired) electrons. The molecule has 0 amide bonds. The van der Waals surface area contributed by atoms with E-state index >= 15 is 0 Å². The summed E-state index contributed by atoms with van der Waals surface area (Å²) < 4.78 is 5.93. The van der Waals surface area contributed by atoms with Crippen LogP contribution >= 0.6 is 0 Å². The van der Waals surface area contributed by atoms with Crippen LogP contribution in [0.2, 0.25) is 0 Å². The Hall–Kier alpha value is -1.60. The molecule has 2 aromatic carbocycles. The van der Waals surface area contributed by atoms with Crippen LogP contribution in [-0.2, 0) is 4.74 Å². The third kappa shape index (κ3) is 1.81. The van der Waals surface area contributed by atoms with Crippen LogP contribution in [0.25, 0.3) is 16.8 Å². The van der Waals surface area contributed by atoms with Gasteiger partial charge in [0.15, 0.2) is 0 Å². The minimum absolute atomic E-state index is 0.346. The van der Waals surface area contributed by atoms with E-state index in [1.54, 1.807) is 0 Å². The Morgan fingerprint density at radius 1 is 1.00 bits per heavy atom. The number of hydrogen-bond donors (Lipinski definition) is 0. The van der Waals surface area contributed by atoms with Gasteiger partial charge in [0.25, 0.3) is 0 Å². The Kier molecular flexibility index (Phi) is 2.66. The fraction of sp³-hybridized carbons (Fsp3) is 0.278. The lowest BCUT2D eigenvalue weighted by Gasteiger charge is -2.30. The van der Waals surface area contributed by atoms with E-state index in [-0.39, 0.29) is 0 Å². The maximum Gasteiger partial charge on any atom is 0.108 e. The van der Waals surface area contributed by atoms with Gasteiger partial charge in [-0.25, -0.2) is 0 Å². The highest BCUT2D eigenvalue weighted by Gasteiger charge is 2.28. The first kappa shape index (κ1) is 11.2. The molecule has 1 saturated heterocycles. The Bertz CT molecular complexity index is 630. The van der Waals surface area contributed by atoms with E-state index in [4.69, 9.17) is 4.74 Å². The standard InChI is InChI=1S/C18H17O/c1-2-12-19-17(9-1)15-11-10-14-6-3-5-13-7-4-8-16(15)18(13)14/h3-8,10-11,15H,1-2,9,12H2. The Morgan fingerprint density at radius 2 is 1.89 bits per heavy atom. The normalized spacial score (nSPS) is 22.8. The van der Waals surface area contributed by atoms with Crippen LogP contribution in [0.4, 0.5) is 0 Å². The SMILES string of the molecule is C1=CC([C]2CCCCO2)c2cccc3cccc1c23. The van der Waals surface area contributed by atoms with Gasteiger partial charge in [0.2, 0.25) is 0 Å². The number of ether oxygens (including phenoxy) is 1. The van der Waals surface area contributed by atoms with Crippen molar-refractivity contribution in [3.63, 3.8) is 0 Å². The first-order chi connectivity index (χ1) is 9.43. The Morgan fingerprint density at radius 3 is 2.74 bits per heavy atom. The Labute approximate surface area is 113 Å². The van der Waals surface area contributed by atoms with Crippen molar-refractivity contribution in [2.45, 2.75) is 25.2 Å². The van der Waals surface area contributed by atoms with E-state index in [0.29, 0.717) is 5.92 Å². The smallest absolute Gasteiger partial charge is 0.108 e. The molecule has 2 aliphatic rings. The van der Waals surface area contributed by atoms with Gasteiger partial charge < -0.3 is 4.74 Å². The molecule has 2 aromatic rings. The van der Waals surface area contributed by atoms with Crippen molar-refractivity contribution in [3.05, 3.63) is 59.7 Å². The predicted molar refractivity (Wildman–Crippen MR) is 78.8 cm³/mol. The lowest BCUT2D eigenvalue weighted by atomic mass is 9.81. The van der Waals surface area contributed by atoms with Crippen molar-refractivity contribution >= 4 is 16.8 Å². The van der Waals surface area contributed by atoms with Gasteiger partial charge in [-0.15, -0.1) is 0 Å². The topological polar surface area (TPSA) is 9.23 Å². The van der Waals surface area contributed by atoms with Crippen molar-refractivity contribution in [1.82, 2.24) is 0 Å². The number of benzene rings is 2. The zero-order valence-electron chi connectivity index (χ0n) is 10.9. The molecule has 1 aliphatic heterocycles. The average molecular weight is 249 g/mol. The van der Waals surface area contributed by atoms with Crippen molar-refractivity contribution in [1.29, 1.82) is 0 Å². The summed E-state index contributed by atoms with van der Waals surface area (Å²) in [5.74, 6) is 0.346. The molecule has 0 bridgehead atoms. The molecule has 0 aromatic heterocycles. The highest BCUT2D eigenvalue weighted by molar-refractivity contribution is 5.95. The summed E-state index contributed by atoms with van der Waals surface area (Å²) in [6.45, 7) is 0.886. The maximum absolute atomic E-state index is 5.93. The molecular formula is C18H17O. The molecular weight excluding hydrogens is 232 g/mol. The van der Waals surface area contributed by atoms with Crippen molar-refractivity contribution in [2.75, 3.05) is 6.61 Å². The van der Waals surface area contributed by atoms with Gasteiger partial charge in [-0.3, -0.25) is 0 Å². The van der Waals surface area contributed by atoms with E-state index in [9.17, 15) is 0 Å². The molecule has 0 spiro atoms. The molecule has 4 rings (SSSR count). The Balaban J connectivity index is 1.85. The highest BCUT2D eigenvalue weighted by atomic mass is 16.5. The van der Waals surface area contributed by atoms with Crippen LogP contribution in [0.5, 0.6) is 0 Å². The molecule has 1 fully saturated rings. The zero-order valence-corrected chi connectivity index (χ0v) is 10.9. The van der Waals surface area contributed by atoms with Crippen LogP contribution in [0.1, 0.15) is 36.3 Å². The minimum Gasteiger partial charge on any atom is -0.371 e. The van der Waals surface area contributed by atoms with E-state index < -0.39 is 0 Å². The van der Waals surface area contributed by atoms with Crippen LogP contribution < -0.4 is 0 Å². The van der Waals surface area contributed by atoms with E-state index in [1.165, 1.54) is 40.8 Å². The van der Waals surface area contributed by atoms with Crippen LogP contribution in [0.3, 0.4) is 0 Å². The molecule has 1 atom stereocenters. The summed E-state index contributed by atoms with van der Waals surface area (Å²) in [6.07, 6.45) is 9.37. The van der Waals surface area contributed by atoms with Crippen LogP contribution in [0, 0.1) is 6.10 Å². The molecule has 1 heteroatoms. The van der Waals surface area contributed by atoms with E-state index in [2.05, 4.69) is 48.6 Å². The van der Waals surface area contributed by atoms with Gasteiger partial charge in [-0.05, 0) is 41.2 Å². The van der Waals surface area contributed by atoms with Crippen LogP contribution in [-0.4, -0.2) is 6.61 Å². The maximum atomic E-state index is 5.93. The number of rotatable bonds is 1. The van der Waals surface area contributed by atoms with Gasteiger partial charge in [0.1, 0.15) is 6.10 Å². The molecule has 1 aliphatic carbocycles. The van der Waals surface area contributed by atoms with Gasteiger partial charge in [0.05, 0.1) is 0 Å². The molecule has 0 N–H and O–H groups in total. The number of hydrogen-bond acceptors (Lipinski definition) is 1. The lowest BCUT2D eigenvalue weighted by Crippen LogP contribution is -2.19. The summed E-state index contributed by atoms with van der Waals surface area (Å²) in [6, 6.07) is 13.2. The van der Waals surface area contributed by atoms with Crippen molar-refractivity contribution in [3.8, 4) is 0 Å². The van der Waals surface area contributed by atoms with Gasteiger partial charge >= 0.3 is 0 Å². The average Bonchev–Trinajstić information content (AvgIpc) is 2.49. The second-order valence-electron chi connectivity index (χ2n) is 5.40. The van der Waals surface area contributed by atoms with Gasteiger partial charge in [-0.2, -0.15) is 0 Å². The summed E-state index contributed by atoms with van der Waals surface area (Å²) in [4.78, 5) is 0. The molecule has 1 nitrogen and oxygen atoms in total. The second kappa shape index (κ2) is 4.50. The van der Waals surface area contributed by atoms with E-state index in [1.807, 2.05) is 0 Å². The largest absolute Gasteiger partial charge is 0.371 e. The fourth-order valence-electron chi connectivity index (χ4n) is 3.30. The molecule has 1 unspecified atom stereocenters. The molecule has 19 heavy (non-hydrogen) atoms. The van der Waals surface area contributed by atoms with Gasteiger partial charge in [-0.1, -0.05) is 48.6 Å². The fourth-order valence-corrected chi connectivity index (χ4v) is 3.30. The predicted octanol–water partition coefficient (Wildman–Crippen LogP) is 4.68. The summed E-state index contributed by atoms with van der Waals surface area (Å²) in [5.41, 5.74) is 2.74. The quantitative estimate of drug-likeness (QED) is 0.713. The summed E-state index contributed by atoms with van der Waals surface area (Å²) >= 11 is 0. The third-order valence-corrected chi connectivity index (χ3v) is 4.22. The lowest BCUT2D eigenvalue weighted by molar-refractivity contribution is 0.0901. The first-order valence-electron chi connectivity index (χ1n) is 7.12. The first-order valence-corrected chi connectivity index (χ1v) is 7.12. The minimum atomic E-state index is 0.346. The van der Waals surface area contributed by atoms with Crippen molar-refractivity contribution in [2.24, 2.45) is 0 Å². The molecule has 1 heterocycles. The second-order valence-corrected chi connectivity index (χ2v) is 5.40. The molecule has 0 saturated carbocycles. The monoisotopic (exact) mass is 249 g/mol. The van der Waals surface area contributed by atoms with Crippen molar-refractivity contribution < 1.29 is 4.74 Å². The zero-order chi connectivity index (χ0) is 12.7. The van der Waals surface area contributed by atoms with Gasteiger partial charge in [0, 0.05) is 12.5 Å². The molecule has 95 valence electrons.